The summed E-state index contributed by atoms with van der Waals surface area (Å²) in [4.78, 5) is 12.2. The molecule has 0 spiro atoms. The summed E-state index contributed by atoms with van der Waals surface area (Å²) in [6.07, 6.45) is 1.71. The van der Waals surface area contributed by atoms with Gasteiger partial charge in [-0.2, -0.15) is 0 Å². The second-order valence-corrected chi connectivity index (χ2v) is 6.07. The zero-order valence-corrected chi connectivity index (χ0v) is 13.4. The molecule has 0 unspecified atom stereocenters. The lowest BCUT2D eigenvalue weighted by Crippen LogP contribution is -2.21. The van der Waals surface area contributed by atoms with E-state index >= 15 is 0 Å². The fraction of sp³-hybridized carbons (Fsp3) is 0.125. The van der Waals surface area contributed by atoms with Crippen LogP contribution >= 0.6 is 11.8 Å². The van der Waals surface area contributed by atoms with Gasteiger partial charge >= 0.3 is 5.69 Å². The molecule has 1 aromatic carbocycles. The van der Waals surface area contributed by atoms with Gasteiger partial charge in [-0.15, -0.1) is 15.3 Å². The Morgan fingerprint density at radius 3 is 2.71 bits per heavy atom. The lowest BCUT2D eigenvalue weighted by molar-refractivity contribution is 0.465. The van der Waals surface area contributed by atoms with E-state index in [1.165, 1.54) is 20.8 Å². The second kappa shape index (κ2) is 6.32. The molecule has 120 valence electrons. The van der Waals surface area contributed by atoms with Crippen LogP contribution < -0.4 is 5.69 Å². The van der Waals surface area contributed by atoms with Crippen LogP contribution in [0, 0.1) is 0 Å². The molecule has 0 N–H and O–H groups in total. The lowest BCUT2D eigenvalue weighted by Gasteiger charge is -1.96. The Labute approximate surface area is 140 Å². The molecule has 0 atom stereocenters. The molecule has 0 saturated heterocycles. The Kier molecular flexibility index (Phi) is 3.87. The van der Waals surface area contributed by atoms with E-state index in [9.17, 15) is 4.79 Å². The normalized spacial score (nSPS) is 11.2. The quantitative estimate of drug-likeness (QED) is 0.519. The Morgan fingerprint density at radius 2 is 1.88 bits per heavy atom. The minimum atomic E-state index is -0.151. The van der Waals surface area contributed by atoms with Gasteiger partial charge in [0.25, 0.3) is 5.22 Å². The molecule has 0 aliphatic heterocycles. The van der Waals surface area contributed by atoms with Gasteiger partial charge < -0.3 is 4.42 Å². The molecular weight excluding hydrogens is 326 g/mol. The monoisotopic (exact) mass is 339 g/mol. The number of fused-ring (bicyclic) bond motifs is 1. The molecule has 3 aromatic heterocycles. The van der Waals surface area contributed by atoms with Crippen LogP contribution in [0.5, 0.6) is 0 Å². The molecule has 4 rings (SSSR count). The number of hydrogen-bond donors (Lipinski definition) is 0. The van der Waals surface area contributed by atoms with E-state index in [2.05, 4.69) is 15.3 Å². The molecule has 3 heterocycles. The summed E-state index contributed by atoms with van der Waals surface area (Å²) in [6.45, 7) is 0.466. The summed E-state index contributed by atoms with van der Waals surface area (Å²) in [5.74, 6) is 1.10. The van der Waals surface area contributed by atoms with Crippen molar-refractivity contribution in [3.8, 4) is 11.5 Å². The van der Waals surface area contributed by atoms with Gasteiger partial charge in [0, 0.05) is 17.5 Å². The summed E-state index contributed by atoms with van der Waals surface area (Å²) in [5.41, 5.74) is 1.37. The van der Waals surface area contributed by atoms with Crippen LogP contribution in [-0.2, 0) is 6.54 Å². The Hall–Kier alpha value is -2.87. The van der Waals surface area contributed by atoms with E-state index in [4.69, 9.17) is 4.42 Å². The van der Waals surface area contributed by atoms with Crippen LogP contribution in [0.3, 0.4) is 0 Å². The highest BCUT2D eigenvalue weighted by molar-refractivity contribution is 7.99. The van der Waals surface area contributed by atoms with Crippen molar-refractivity contribution in [3.05, 3.63) is 65.2 Å². The molecule has 0 radical (unpaired) electrons. The molecule has 0 aliphatic rings. The van der Waals surface area contributed by atoms with Crippen molar-refractivity contribution in [3.63, 3.8) is 0 Å². The Bertz CT molecular complexity index is 1020. The Morgan fingerprint density at radius 1 is 1.04 bits per heavy atom. The maximum absolute atomic E-state index is 12.2. The number of aryl methyl sites for hydroxylation is 1. The summed E-state index contributed by atoms with van der Waals surface area (Å²) in [6, 6.07) is 15.1. The highest BCUT2D eigenvalue weighted by Crippen LogP contribution is 2.22. The van der Waals surface area contributed by atoms with Crippen LogP contribution in [0.25, 0.3) is 17.1 Å². The fourth-order valence-electron chi connectivity index (χ4n) is 2.30. The number of benzene rings is 1. The highest BCUT2D eigenvalue weighted by atomic mass is 32.2. The summed E-state index contributed by atoms with van der Waals surface area (Å²) in [7, 11) is 0. The highest BCUT2D eigenvalue weighted by Gasteiger charge is 2.10. The minimum absolute atomic E-state index is 0.151. The number of pyridine rings is 1. The van der Waals surface area contributed by atoms with Gasteiger partial charge in [0.1, 0.15) is 0 Å². The number of aromatic nitrogens is 5. The van der Waals surface area contributed by atoms with Crippen molar-refractivity contribution in [1.82, 2.24) is 24.4 Å². The second-order valence-electron chi connectivity index (χ2n) is 5.02. The Balaban J connectivity index is 1.43. The minimum Gasteiger partial charge on any atom is -0.411 e. The predicted molar refractivity (Wildman–Crippen MR) is 89.9 cm³/mol. The van der Waals surface area contributed by atoms with Crippen LogP contribution in [0.15, 0.2) is 69.2 Å². The van der Waals surface area contributed by atoms with Crippen LogP contribution in [0.1, 0.15) is 0 Å². The van der Waals surface area contributed by atoms with Gasteiger partial charge in [0.05, 0.1) is 6.54 Å². The van der Waals surface area contributed by atoms with Crippen molar-refractivity contribution < 1.29 is 4.42 Å². The van der Waals surface area contributed by atoms with Crippen molar-refractivity contribution in [2.45, 2.75) is 11.8 Å². The zero-order chi connectivity index (χ0) is 16.4. The number of nitrogens with zero attached hydrogens (tertiary/aromatic N) is 5. The summed E-state index contributed by atoms with van der Waals surface area (Å²) in [5, 5.41) is 12.8. The first-order valence-electron chi connectivity index (χ1n) is 7.37. The summed E-state index contributed by atoms with van der Waals surface area (Å²) < 4.78 is 8.58. The molecule has 0 fully saturated rings. The molecule has 0 amide bonds. The van der Waals surface area contributed by atoms with Gasteiger partial charge in [-0.05, 0) is 24.3 Å². The summed E-state index contributed by atoms with van der Waals surface area (Å²) >= 11 is 1.40. The van der Waals surface area contributed by atoms with Crippen molar-refractivity contribution in [1.29, 1.82) is 0 Å². The smallest absolute Gasteiger partial charge is 0.350 e. The molecule has 24 heavy (non-hydrogen) atoms. The van der Waals surface area contributed by atoms with Gasteiger partial charge in [-0.1, -0.05) is 36.0 Å². The van der Waals surface area contributed by atoms with Crippen LogP contribution in [0.2, 0.25) is 0 Å². The third kappa shape index (κ3) is 2.83. The maximum atomic E-state index is 12.2. The van der Waals surface area contributed by atoms with E-state index in [0.717, 1.165) is 5.56 Å². The fourth-order valence-corrected chi connectivity index (χ4v) is 2.97. The number of hydrogen-bond acceptors (Lipinski definition) is 6. The largest absolute Gasteiger partial charge is 0.411 e. The van der Waals surface area contributed by atoms with E-state index in [-0.39, 0.29) is 5.69 Å². The van der Waals surface area contributed by atoms with Crippen molar-refractivity contribution in [2.24, 2.45) is 0 Å². The van der Waals surface area contributed by atoms with Crippen molar-refractivity contribution in [2.75, 3.05) is 5.75 Å². The molecule has 0 aliphatic carbocycles. The van der Waals surface area contributed by atoms with Crippen LogP contribution in [0.4, 0.5) is 0 Å². The molecule has 0 saturated carbocycles. The maximum Gasteiger partial charge on any atom is 0.350 e. The van der Waals surface area contributed by atoms with Gasteiger partial charge in [0.15, 0.2) is 5.65 Å². The standard InChI is InChI=1S/C16H13N5O2S/c22-16-20-9-5-4-8-13(20)19-21(16)10-11-24-15-18-17-14(23-15)12-6-2-1-3-7-12/h1-9H,10-11H2. The lowest BCUT2D eigenvalue weighted by atomic mass is 10.2. The first kappa shape index (κ1) is 14.7. The van der Waals surface area contributed by atoms with Gasteiger partial charge in [-0.25, -0.2) is 9.48 Å². The first-order valence-corrected chi connectivity index (χ1v) is 8.36. The van der Waals surface area contributed by atoms with E-state index in [0.29, 0.717) is 29.1 Å². The topological polar surface area (TPSA) is 78.2 Å². The first-order chi connectivity index (χ1) is 11.8. The molecule has 4 aromatic rings. The molecule has 0 bridgehead atoms. The van der Waals surface area contributed by atoms with E-state index in [1.807, 2.05) is 36.4 Å². The SMILES string of the molecule is O=c1n(CCSc2nnc(-c3ccccc3)o2)nc2ccccn12. The zero-order valence-electron chi connectivity index (χ0n) is 12.6. The average molecular weight is 339 g/mol. The van der Waals surface area contributed by atoms with Crippen LogP contribution in [-0.4, -0.2) is 30.1 Å². The van der Waals surface area contributed by atoms with Gasteiger partial charge in [-0.3, -0.25) is 4.40 Å². The van der Waals surface area contributed by atoms with E-state index < -0.39 is 0 Å². The third-order valence-corrected chi connectivity index (χ3v) is 4.24. The molecule has 8 heteroatoms. The average Bonchev–Trinajstić information content (AvgIpc) is 3.22. The van der Waals surface area contributed by atoms with Gasteiger partial charge in [0.2, 0.25) is 5.89 Å². The van der Waals surface area contributed by atoms with E-state index in [1.54, 1.807) is 18.3 Å². The predicted octanol–water partition coefficient (Wildman–Crippen LogP) is 2.34. The van der Waals surface area contributed by atoms with Crippen molar-refractivity contribution >= 4 is 17.4 Å². The number of rotatable bonds is 5. The molecule has 7 nitrogen and oxygen atoms in total. The molecular formula is C16H13N5O2S. The third-order valence-electron chi connectivity index (χ3n) is 3.44. The number of thioether (sulfide) groups is 1.